The maximum absolute atomic E-state index is 12.0. The van der Waals surface area contributed by atoms with Gasteiger partial charge in [0, 0.05) is 6.42 Å². The first-order valence-electron chi connectivity index (χ1n) is 9.07. The second-order valence-electron chi connectivity index (χ2n) is 7.21. The van der Waals surface area contributed by atoms with Gasteiger partial charge in [-0.3, -0.25) is 9.59 Å². The first-order valence-corrected chi connectivity index (χ1v) is 9.07. The van der Waals surface area contributed by atoms with Crippen LogP contribution in [0.4, 0.5) is 4.79 Å². The van der Waals surface area contributed by atoms with E-state index in [1.54, 1.807) is 33.8 Å². The van der Waals surface area contributed by atoms with Gasteiger partial charge in [-0.25, -0.2) is 4.79 Å². The van der Waals surface area contributed by atoms with Crippen molar-refractivity contribution in [3.05, 3.63) is 48.0 Å². The number of ketones is 1. The van der Waals surface area contributed by atoms with E-state index in [-0.39, 0.29) is 24.8 Å². The molecule has 0 unspecified atom stereocenters. The van der Waals surface area contributed by atoms with Gasteiger partial charge >= 0.3 is 12.1 Å². The van der Waals surface area contributed by atoms with Crippen LogP contribution in [-0.2, 0) is 25.7 Å². The summed E-state index contributed by atoms with van der Waals surface area (Å²) in [6.07, 6.45) is 3.93. The summed E-state index contributed by atoms with van der Waals surface area (Å²) in [5.41, 5.74) is 0.334. The zero-order chi connectivity index (χ0) is 20.3. The molecule has 1 N–H and O–H groups in total. The van der Waals surface area contributed by atoms with Gasteiger partial charge in [0.1, 0.15) is 12.2 Å². The van der Waals surface area contributed by atoms with E-state index < -0.39 is 17.7 Å². The molecular weight excluding hydrogens is 346 g/mol. The summed E-state index contributed by atoms with van der Waals surface area (Å²) in [5.74, 6) is -0.494. The number of carbonyl (C=O) groups is 3. The largest absolute Gasteiger partial charge is 0.461 e. The Kier molecular flexibility index (Phi) is 9.26. The molecule has 1 amide bonds. The highest BCUT2D eigenvalue weighted by atomic mass is 16.6. The van der Waals surface area contributed by atoms with E-state index in [9.17, 15) is 14.4 Å². The Morgan fingerprint density at radius 2 is 1.81 bits per heavy atom. The van der Waals surface area contributed by atoms with Gasteiger partial charge in [-0.15, -0.1) is 0 Å². The Bertz CT molecular complexity index is 646. The zero-order valence-corrected chi connectivity index (χ0v) is 16.5. The SMILES string of the molecule is C[C@H](NC(=O)OC(C)(C)C)C(=O)/C=C/CCCC(=O)OCc1ccccc1. The Morgan fingerprint density at radius 3 is 2.44 bits per heavy atom. The highest BCUT2D eigenvalue weighted by molar-refractivity contribution is 5.95. The van der Waals surface area contributed by atoms with E-state index in [4.69, 9.17) is 9.47 Å². The number of esters is 1. The minimum Gasteiger partial charge on any atom is -0.461 e. The van der Waals surface area contributed by atoms with E-state index >= 15 is 0 Å². The number of ether oxygens (including phenoxy) is 2. The number of unbranched alkanes of at least 4 members (excludes halogenated alkanes) is 1. The van der Waals surface area contributed by atoms with Gasteiger partial charge in [0.05, 0.1) is 6.04 Å². The van der Waals surface area contributed by atoms with Crippen molar-refractivity contribution in [3.63, 3.8) is 0 Å². The van der Waals surface area contributed by atoms with Crippen molar-refractivity contribution in [1.29, 1.82) is 0 Å². The fourth-order valence-corrected chi connectivity index (χ4v) is 2.07. The van der Waals surface area contributed by atoms with Crippen molar-refractivity contribution in [2.75, 3.05) is 0 Å². The van der Waals surface area contributed by atoms with E-state index in [1.807, 2.05) is 30.3 Å². The third-order valence-electron chi connectivity index (χ3n) is 3.44. The van der Waals surface area contributed by atoms with Gasteiger partial charge in [0.15, 0.2) is 5.78 Å². The van der Waals surface area contributed by atoms with Crippen molar-refractivity contribution >= 4 is 17.8 Å². The van der Waals surface area contributed by atoms with Crippen LogP contribution in [0.15, 0.2) is 42.5 Å². The molecule has 0 aliphatic carbocycles. The lowest BCUT2D eigenvalue weighted by Gasteiger charge is -2.21. The topological polar surface area (TPSA) is 81.7 Å². The molecule has 1 aromatic rings. The molecule has 6 heteroatoms. The van der Waals surface area contributed by atoms with E-state index in [1.165, 1.54) is 6.08 Å². The van der Waals surface area contributed by atoms with Crippen LogP contribution in [0.3, 0.4) is 0 Å². The fraction of sp³-hybridized carbons (Fsp3) is 0.476. The van der Waals surface area contributed by atoms with Crippen molar-refractivity contribution in [2.45, 2.75) is 65.2 Å². The van der Waals surface area contributed by atoms with Crippen LogP contribution in [0, 0.1) is 0 Å². The third kappa shape index (κ3) is 10.8. The van der Waals surface area contributed by atoms with Crippen molar-refractivity contribution < 1.29 is 23.9 Å². The Labute approximate surface area is 160 Å². The molecule has 27 heavy (non-hydrogen) atoms. The summed E-state index contributed by atoms with van der Waals surface area (Å²) < 4.78 is 10.3. The van der Waals surface area contributed by atoms with Crippen molar-refractivity contribution in [3.8, 4) is 0 Å². The Hall–Kier alpha value is -2.63. The molecule has 0 saturated heterocycles. The molecule has 1 atom stereocenters. The molecular formula is C21H29NO5. The van der Waals surface area contributed by atoms with Gasteiger partial charge in [0.2, 0.25) is 0 Å². The zero-order valence-electron chi connectivity index (χ0n) is 16.5. The Morgan fingerprint density at radius 1 is 1.15 bits per heavy atom. The number of allylic oxidation sites excluding steroid dienone is 1. The highest BCUT2D eigenvalue weighted by Crippen LogP contribution is 2.07. The van der Waals surface area contributed by atoms with Crippen LogP contribution in [0.5, 0.6) is 0 Å². The summed E-state index contributed by atoms with van der Waals surface area (Å²) >= 11 is 0. The van der Waals surface area contributed by atoms with Crippen LogP contribution < -0.4 is 5.32 Å². The summed E-state index contributed by atoms with van der Waals surface area (Å²) in [7, 11) is 0. The van der Waals surface area contributed by atoms with Gasteiger partial charge in [-0.05, 0) is 52.2 Å². The second-order valence-corrected chi connectivity index (χ2v) is 7.21. The molecule has 0 radical (unpaired) electrons. The quantitative estimate of drug-likeness (QED) is 0.402. The van der Waals surface area contributed by atoms with E-state index in [0.29, 0.717) is 12.8 Å². The average Bonchev–Trinajstić information content (AvgIpc) is 2.58. The smallest absolute Gasteiger partial charge is 0.408 e. The van der Waals surface area contributed by atoms with Gasteiger partial charge in [-0.1, -0.05) is 36.4 Å². The molecule has 0 aliphatic rings. The minimum absolute atomic E-state index is 0.229. The number of benzene rings is 1. The summed E-state index contributed by atoms with van der Waals surface area (Å²) in [6.45, 7) is 7.12. The predicted molar refractivity (Wildman–Crippen MR) is 103 cm³/mol. The molecule has 6 nitrogen and oxygen atoms in total. The van der Waals surface area contributed by atoms with Crippen LogP contribution in [0.1, 0.15) is 52.5 Å². The summed E-state index contributed by atoms with van der Waals surface area (Å²) in [5, 5.41) is 2.49. The number of hydrogen-bond donors (Lipinski definition) is 1. The molecule has 1 aromatic carbocycles. The Balaban J connectivity index is 2.20. The number of amides is 1. The van der Waals surface area contributed by atoms with E-state index in [2.05, 4.69) is 5.32 Å². The maximum atomic E-state index is 12.0. The third-order valence-corrected chi connectivity index (χ3v) is 3.44. The van der Waals surface area contributed by atoms with Crippen LogP contribution in [-0.4, -0.2) is 29.5 Å². The summed E-state index contributed by atoms with van der Waals surface area (Å²) in [4.78, 5) is 35.3. The number of hydrogen-bond acceptors (Lipinski definition) is 5. The lowest BCUT2D eigenvalue weighted by atomic mass is 10.1. The number of rotatable bonds is 9. The van der Waals surface area contributed by atoms with Crippen LogP contribution >= 0.6 is 0 Å². The molecule has 0 saturated carbocycles. The van der Waals surface area contributed by atoms with Gasteiger partial charge in [0.25, 0.3) is 0 Å². The number of alkyl carbamates (subject to hydrolysis) is 1. The fourth-order valence-electron chi connectivity index (χ4n) is 2.07. The normalized spacial score (nSPS) is 12.4. The van der Waals surface area contributed by atoms with Gasteiger partial charge < -0.3 is 14.8 Å². The molecule has 0 aliphatic heterocycles. The minimum atomic E-state index is -0.674. The molecule has 148 valence electrons. The van der Waals surface area contributed by atoms with Crippen LogP contribution in [0.25, 0.3) is 0 Å². The molecule has 1 rings (SSSR count). The lowest BCUT2D eigenvalue weighted by molar-refractivity contribution is -0.145. The molecule has 0 aromatic heterocycles. The average molecular weight is 375 g/mol. The van der Waals surface area contributed by atoms with Crippen LogP contribution in [0.2, 0.25) is 0 Å². The highest BCUT2D eigenvalue weighted by Gasteiger charge is 2.19. The van der Waals surface area contributed by atoms with Crippen molar-refractivity contribution in [1.82, 2.24) is 5.32 Å². The molecule has 0 spiro atoms. The second kappa shape index (κ2) is 11.2. The van der Waals surface area contributed by atoms with Crippen molar-refractivity contribution in [2.24, 2.45) is 0 Å². The maximum Gasteiger partial charge on any atom is 0.408 e. The number of nitrogens with one attached hydrogen (secondary N) is 1. The first-order chi connectivity index (χ1) is 12.7. The lowest BCUT2D eigenvalue weighted by Crippen LogP contribution is -2.41. The van der Waals surface area contributed by atoms with Gasteiger partial charge in [-0.2, -0.15) is 0 Å². The molecule has 0 fully saturated rings. The molecule has 0 heterocycles. The standard InChI is InChI=1S/C21H29NO5/c1-16(22-20(25)27-21(2,3)4)18(23)13-9-6-10-14-19(24)26-15-17-11-7-5-8-12-17/h5,7-9,11-13,16H,6,10,14-15H2,1-4H3,(H,22,25)/b13-9+/t16-/m0/s1. The monoisotopic (exact) mass is 375 g/mol. The molecule has 0 bridgehead atoms. The van der Waals surface area contributed by atoms with E-state index in [0.717, 1.165) is 5.56 Å². The first kappa shape index (κ1) is 22.4. The summed E-state index contributed by atoms with van der Waals surface area (Å²) in [6, 6.07) is 8.81. The predicted octanol–water partition coefficient (Wildman–Crippen LogP) is 3.94. The number of carbonyl (C=O) groups excluding carboxylic acids is 3.